The van der Waals surface area contributed by atoms with Gasteiger partial charge in [-0.3, -0.25) is 9.78 Å². The third-order valence-corrected chi connectivity index (χ3v) is 4.16. The maximum Gasteiger partial charge on any atom is 0.185 e. The molecule has 112 valence electrons. The highest BCUT2D eigenvalue weighted by Gasteiger charge is 2.21. The van der Waals surface area contributed by atoms with Crippen molar-refractivity contribution in [2.45, 2.75) is 26.3 Å². The first-order valence-electron chi connectivity index (χ1n) is 6.84. The lowest BCUT2D eigenvalue weighted by atomic mass is 10.0. The summed E-state index contributed by atoms with van der Waals surface area (Å²) >= 11 is 1.82. The molecule has 1 rings (SSSR count). The van der Waals surface area contributed by atoms with Crippen LogP contribution >= 0.6 is 11.8 Å². The van der Waals surface area contributed by atoms with Crippen molar-refractivity contribution in [1.29, 1.82) is 0 Å². The Kier molecular flexibility index (Phi) is 7.16. The van der Waals surface area contributed by atoms with E-state index in [9.17, 15) is 9.18 Å². The van der Waals surface area contributed by atoms with Gasteiger partial charge in [0.1, 0.15) is 11.5 Å². The van der Waals surface area contributed by atoms with Crippen molar-refractivity contribution in [2.75, 3.05) is 25.6 Å². The van der Waals surface area contributed by atoms with E-state index in [1.807, 2.05) is 25.7 Å². The largest absolute Gasteiger partial charge is 0.302 e. The van der Waals surface area contributed by atoms with Gasteiger partial charge in [0.15, 0.2) is 5.78 Å². The summed E-state index contributed by atoms with van der Waals surface area (Å²) in [5.41, 5.74) is 0.338. The molecule has 0 aliphatic carbocycles. The molecule has 0 spiro atoms. The van der Waals surface area contributed by atoms with E-state index in [4.69, 9.17) is 0 Å². The van der Waals surface area contributed by atoms with Gasteiger partial charge >= 0.3 is 0 Å². The Morgan fingerprint density at radius 3 is 2.70 bits per heavy atom. The molecule has 1 aromatic heterocycles. The minimum atomic E-state index is -0.419. The molecule has 0 N–H and O–H groups in total. The normalized spacial score (nSPS) is 14.3. The topological polar surface area (TPSA) is 33.2 Å². The van der Waals surface area contributed by atoms with Crippen molar-refractivity contribution in [3.8, 4) is 0 Å². The van der Waals surface area contributed by atoms with Crippen LogP contribution in [0.1, 0.15) is 30.8 Å². The van der Waals surface area contributed by atoms with Gasteiger partial charge < -0.3 is 4.90 Å². The quantitative estimate of drug-likeness (QED) is 0.691. The van der Waals surface area contributed by atoms with Gasteiger partial charge in [0.05, 0.1) is 6.20 Å². The first-order valence-corrected chi connectivity index (χ1v) is 8.23. The Balaban J connectivity index is 2.63. The molecule has 3 nitrogen and oxygen atoms in total. The first-order chi connectivity index (χ1) is 9.49. The van der Waals surface area contributed by atoms with Gasteiger partial charge in [-0.2, -0.15) is 11.8 Å². The van der Waals surface area contributed by atoms with E-state index in [1.165, 1.54) is 12.1 Å². The summed E-state index contributed by atoms with van der Waals surface area (Å²) < 4.78 is 12.8. The van der Waals surface area contributed by atoms with E-state index in [2.05, 4.69) is 23.1 Å². The van der Waals surface area contributed by atoms with E-state index < -0.39 is 5.82 Å². The predicted octanol–water partition coefficient (Wildman–Crippen LogP) is 3.11. The fourth-order valence-electron chi connectivity index (χ4n) is 2.19. The van der Waals surface area contributed by atoms with Crippen molar-refractivity contribution in [3.05, 3.63) is 29.8 Å². The second-order valence-electron chi connectivity index (χ2n) is 5.08. The number of pyridine rings is 1. The summed E-state index contributed by atoms with van der Waals surface area (Å²) in [5, 5.41) is 0. The van der Waals surface area contributed by atoms with Crippen LogP contribution < -0.4 is 0 Å². The summed E-state index contributed by atoms with van der Waals surface area (Å²) in [6, 6.07) is 3.20. The molecule has 20 heavy (non-hydrogen) atoms. The number of ketones is 1. The SMILES string of the molecule is CCC(CSC)N(C)CC(C)C(=O)c1ccc(F)cn1. The number of rotatable bonds is 8. The number of Topliss-reactive ketones (excluding diaryl/α,β-unsaturated/α-hetero) is 1. The van der Waals surface area contributed by atoms with Gasteiger partial charge in [-0.25, -0.2) is 4.39 Å². The summed E-state index contributed by atoms with van der Waals surface area (Å²) in [6.45, 7) is 4.75. The molecule has 1 heterocycles. The van der Waals surface area contributed by atoms with Crippen LogP contribution in [0.5, 0.6) is 0 Å². The monoisotopic (exact) mass is 298 g/mol. The van der Waals surface area contributed by atoms with Crippen molar-refractivity contribution >= 4 is 17.5 Å². The number of carbonyl (C=O) groups excluding carboxylic acids is 1. The lowest BCUT2D eigenvalue weighted by Crippen LogP contribution is -2.38. The van der Waals surface area contributed by atoms with Gasteiger partial charge in [-0.1, -0.05) is 13.8 Å². The van der Waals surface area contributed by atoms with Crippen LogP contribution in [0.15, 0.2) is 18.3 Å². The summed E-state index contributed by atoms with van der Waals surface area (Å²) in [4.78, 5) is 18.3. The molecule has 0 radical (unpaired) electrons. The van der Waals surface area contributed by atoms with Crippen molar-refractivity contribution < 1.29 is 9.18 Å². The molecule has 2 atom stereocenters. The maximum absolute atomic E-state index is 12.8. The molecular formula is C15H23FN2OS. The van der Waals surface area contributed by atoms with Crippen LogP contribution in [0.4, 0.5) is 4.39 Å². The Morgan fingerprint density at radius 2 is 2.20 bits per heavy atom. The maximum atomic E-state index is 12.8. The fraction of sp³-hybridized carbons (Fsp3) is 0.600. The van der Waals surface area contributed by atoms with Crippen molar-refractivity contribution in [3.63, 3.8) is 0 Å². The predicted molar refractivity (Wildman–Crippen MR) is 82.8 cm³/mol. The van der Waals surface area contributed by atoms with Crippen molar-refractivity contribution in [2.24, 2.45) is 5.92 Å². The number of thioether (sulfide) groups is 1. The number of nitrogens with zero attached hydrogens (tertiary/aromatic N) is 2. The van der Waals surface area contributed by atoms with E-state index in [0.29, 0.717) is 18.3 Å². The van der Waals surface area contributed by atoms with Crippen LogP contribution in [-0.2, 0) is 0 Å². The Labute approximate surface area is 125 Å². The number of halogens is 1. The zero-order valence-corrected chi connectivity index (χ0v) is 13.4. The molecule has 0 saturated heterocycles. The average molecular weight is 298 g/mol. The number of aromatic nitrogens is 1. The smallest absolute Gasteiger partial charge is 0.185 e. The molecule has 0 bridgehead atoms. The second-order valence-corrected chi connectivity index (χ2v) is 5.99. The van der Waals surface area contributed by atoms with E-state index in [0.717, 1.165) is 18.4 Å². The van der Waals surface area contributed by atoms with Crippen LogP contribution in [0.2, 0.25) is 0 Å². The molecule has 0 amide bonds. The average Bonchev–Trinajstić information content (AvgIpc) is 2.44. The number of hydrogen-bond donors (Lipinski definition) is 0. The van der Waals surface area contributed by atoms with E-state index in [1.54, 1.807) is 0 Å². The molecule has 0 aromatic carbocycles. The minimum Gasteiger partial charge on any atom is -0.302 e. The zero-order valence-electron chi connectivity index (χ0n) is 12.6. The van der Waals surface area contributed by atoms with Crippen molar-refractivity contribution in [1.82, 2.24) is 9.88 Å². The minimum absolute atomic E-state index is 0.0316. The van der Waals surface area contributed by atoms with Crippen LogP contribution in [-0.4, -0.2) is 47.3 Å². The molecule has 5 heteroatoms. The second kappa shape index (κ2) is 8.37. The van der Waals surface area contributed by atoms with Gasteiger partial charge in [-0.05, 0) is 31.9 Å². The first kappa shape index (κ1) is 17.1. The molecule has 0 aliphatic heterocycles. The van der Waals surface area contributed by atoms with Gasteiger partial charge in [0.2, 0.25) is 0 Å². The molecule has 0 fully saturated rings. The van der Waals surface area contributed by atoms with E-state index >= 15 is 0 Å². The van der Waals surface area contributed by atoms with Gasteiger partial charge in [-0.15, -0.1) is 0 Å². The highest BCUT2D eigenvalue weighted by molar-refractivity contribution is 7.98. The van der Waals surface area contributed by atoms with Gasteiger partial charge in [0, 0.05) is 24.3 Å². The van der Waals surface area contributed by atoms with E-state index in [-0.39, 0.29) is 11.7 Å². The summed E-state index contributed by atoms with van der Waals surface area (Å²) in [5.74, 6) is 0.463. The Bertz CT molecular complexity index is 424. The highest BCUT2D eigenvalue weighted by Crippen LogP contribution is 2.13. The fourth-order valence-corrected chi connectivity index (χ4v) is 3.06. The molecule has 1 aromatic rings. The number of hydrogen-bond acceptors (Lipinski definition) is 4. The van der Waals surface area contributed by atoms with Crippen LogP contribution in [0, 0.1) is 11.7 Å². The standard InChI is InChI=1S/C15H23FN2OS/c1-5-13(10-20-4)18(3)9-11(2)15(19)14-7-6-12(16)8-17-14/h6-8,11,13H,5,9-10H2,1-4H3. The molecule has 0 saturated carbocycles. The van der Waals surface area contributed by atoms with Gasteiger partial charge in [0.25, 0.3) is 0 Å². The molecule has 0 aliphatic rings. The third-order valence-electron chi connectivity index (χ3n) is 3.44. The Morgan fingerprint density at radius 1 is 1.50 bits per heavy atom. The lowest BCUT2D eigenvalue weighted by Gasteiger charge is -2.28. The molecular weight excluding hydrogens is 275 g/mol. The summed E-state index contributed by atoms with van der Waals surface area (Å²) in [7, 11) is 2.05. The lowest BCUT2D eigenvalue weighted by molar-refractivity contribution is 0.0885. The van der Waals surface area contributed by atoms with Crippen LogP contribution in [0.3, 0.4) is 0 Å². The zero-order chi connectivity index (χ0) is 15.1. The molecule has 2 unspecified atom stereocenters. The highest BCUT2D eigenvalue weighted by atomic mass is 32.2. The van der Waals surface area contributed by atoms with Crippen LogP contribution in [0.25, 0.3) is 0 Å². The third kappa shape index (κ3) is 4.87. The summed E-state index contributed by atoms with van der Waals surface area (Å²) in [6.07, 6.45) is 4.24. The Hall–Kier alpha value is -0.940. The number of carbonyl (C=O) groups is 1.